The monoisotopic (exact) mass is 343 g/mol. The average molecular weight is 343 g/mol. The highest BCUT2D eigenvalue weighted by molar-refractivity contribution is 5.93. The zero-order valence-corrected chi connectivity index (χ0v) is 14.5. The summed E-state index contributed by atoms with van der Waals surface area (Å²) in [5.74, 6) is -0.175. The highest BCUT2D eigenvalue weighted by atomic mass is 16.5. The van der Waals surface area contributed by atoms with Crippen molar-refractivity contribution in [2.45, 2.75) is 6.10 Å². The molecule has 2 heterocycles. The first kappa shape index (κ1) is 17.7. The number of hydrogen-bond acceptors (Lipinski definition) is 4. The number of amides is 1. The topological polar surface area (TPSA) is 66.7 Å². The number of nitrogens with zero attached hydrogens (tertiary/aromatic N) is 2. The van der Waals surface area contributed by atoms with E-state index >= 15 is 0 Å². The van der Waals surface area contributed by atoms with Gasteiger partial charge in [0, 0.05) is 38.9 Å². The molecule has 2 N–H and O–H groups in total. The minimum Gasteiger partial charge on any atom is -0.390 e. The molecule has 6 nitrogen and oxygen atoms in total. The number of ether oxygens (including phenoxy) is 1. The minimum absolute atomic E-state index is 0.175. The largest absolute Gasteiger partial charge is 0.390 e. The number of carbonyl (C=O) groups excluding carboxylic acids is 1. The van der Waals surface area contributed by atoms with E-state index in [1.54, 1.807) is 0 Å². The zero-order chi connectivity index (χ0) is 17.6. The van der Waals surface area contributed by atoms with Crippen molar-refractivity contribution in [1.29, 1.82) is 0 Å². The Hall–Kier alpha value is -2.15. The van der Waals surface area contributed by atoms with Crippen LogP contribution in [0.5, 0.6) is 0 Å². The highest BCUT2D eigenvalue weighted by Gasteiger charge is 2.17. The summed E-state index contributed by atoms with van der Waals surface area (Å²) in [6.07, 6.45) is -0.587. The van der Waals surface area contributed by atoms with Crippen LogP contribution >= 0.6 is 0 Å². The minimum atomic E-state index is -0.587. The first-order chi connectivity index (χ1) is 12.1. The number of aromatic nitrogens is 1. The molecular formula is C19H25N3O3. The van der Waals surface area contributed by atoms with E-state index in [9.17, 15) is 9.90 Å². The Morgan fingerprint density at radius 3 is 2.64 bits per heavy atom. The van der Waals surface area contributed by atoms with E-state index in [1.807, 2.05) is 54.1 Å². The molecule has 1 aliphatic heterocycles. The van der Waals surface area contributed by atoms with Crippen molar-refractivity contribution in [1.82, 2.24) is 14.8 Å². The molecule has 3 rings (SSSR count). The Balaban J connectivity index is 1.55. The normalized spacial score (nSPS) is 16.6. The van der Waals surface area contributed by atoms with Crippen LogP contribution in [0.1, 0.15) is 10.5 Å². The fraction of sp³-hybridized carbons (Fsp3) is 0.421. The van der Waals surface area contributed by atoms with Gasteiger partial charge < -0.3 is 19.7 Å². The quantitative estimate of drug-likeness (QED) is 0.825. The zero-order valence-electron chi connectivity index (χ0n) is 14.5. The van der Waals surface area contributed by atoms with Gasteiger partial charge in [-0.05, 0) is 17.7 Å². The van der Waals surface area contributed by atoms with Gasteiger partial charge in [0.1, 0.15) is 5.69 Å². The van der Waals surface area contributed by atoms with Crippen LogP contribution in [0.4, 0.5) is 0 Å². The smallest absolute Gasteiger partial charge is 0.268 e. The molecule has 1 aliphatic rings. The maximum Gasteiger partial charge on any atom is 0.268 e. The fourth-order valence-electron chi connectivity index (χ4n) is 3.09. The van der Waals surface area contributed by atoms with Crippen LogP contribution in [-0.4, -0.2) is 66.0 Å². The molecule has 6 heteroatoms. The molecule has 134 valence electrons. The van der Waals surface area contributed by atoms with Crippen LogP contribution in [-0.2, 0) is 11.8 Å². The first-order valence-corrected chi connectivity index (χ1v) is 8.62. The summed E-state index contributed by atoms with van der Waals surface area (Å²) in [6, 6.07) is 13.7. The van der Waals surface area contributed by atoms with Gasteiger partial charge in [0.15, 0.2) is 0 Å². The molecule has 1 saturated heterocycles. The number of morpholine rings is 1. The molecule has 0 radical (unpaired) electrons. The van der Waals surface area contributed by atoms with Crippen LogP contribution in [0.25, 0.3) is 11.3 Å². The van der Waals surface area contributed by atoms with Crippen LogP contribution in [0.2, 0.25) is 0 Å². The number of hydrogen-bond donors (Lipinski definition) is 2. The Morgan fingerprint density at radius 1 is 1.20 bits per heavy atom. The van der Waals surface area contributed by atoms with E-state index < -0.39 is 6.10 Å². The van der Waals surface area contributed by atoms with Crippen molar-refractivity contribution >= 4 is 5.91 Å². The number of nitrogens with one attached hydrogen (secondary N) is 1. The van der Waals surface area contributed by atoms with Gasteiger partial charge in [0.25, 0.3) is 5.91 Å². The van der Waals surface area contributed by atoms with Crippen molar-refractivity contribution in [2.75, 3.05) is 39.4 Å². The van der Waals surface area contributed by atoms with Crippen LogP contribution in [0.15, 0.2) is 42.5 Å². The van der Waals surface area contributed by atoms with Gasteiger partial charge in [-0.25, -0.2) is 0 Å². The van der Waals surface area contributed by atoms with Crippen molar-refractivity contribution in [2.24, 2.45) is 7.05 Å². The first-order valence-electron chi connectivity index (χ1n) is 8.62. The van der Waals surface area contributed by atoms with Crippen molar-refractivity contribution < 1.29 is 14.6 Å². The van der Waals surface area contributed by atoms with E-state index in [1.165, 1.54) is 0 Å². The fourth-order valence-corrected chi connectivity index (χ4v) is 3.09. The SMILES string of the molecule is Cn1c(C(=O)NCC(O)CN2CCOCC2)ccc1-c1ccccc1. The number of aliphatic hydroxyl groups is 1. The van der Waals surface area contributed by atoms with Gasteiger partial charge in [0.2, 0.25) is 0 Å². The van der Waals surface area contributed by atoms with Gasteiger partial charge in [-0.1, -0.05) is 30.3 Å². The molecule has 0 spiro atoms. The molecule has 0 saturated carbocycles. The van der Waals surface area contributed by atoms with Crippen molar-refractivity contribution in [3.63, 3.8) is 0 Å². The Morgan fingerprint density at radius 2 is 1.92 bits per heavy atom. The lowest BCUT2D eigenvalue weighted by atomic mass is 10.2. The maximum absolute atomic E-state index is 12.4. The molecule has 1 unspecified atom stereocenters. The van der Waals surface area contributed by atoms with E-state index in [4.69, 9.17) is 4.74 Å². The van der Waals surface area contributed by atoms with E-state index in [0.29, 0.717) is 25.5 Å². The standard InChI is InChI=1S/C19H25N3O3/c1-21-17(15-5-3-2-4-6-15)7-8-18(21)19(24)20-13-16(23)14-22-9-11-25-12-10-22/h2-8,16,23H,9-14H2,1H3,(H,20,24). The maximum atomic E-state index is 12.4. The number of aliphatic hydroxyl groups excluding tert-OH is 1. The predicted molar refractivity (Wildman–Crippen MR) is 96.4 cm³/mol. The lowest BCUT2D eigenvalue weighted by Crippen LogP contribution is -2.44. The molecule has 1 atom stereocenters. The van der Waals surface area contributed by atoms with Gasteiger partial charge in [-0.3, -0.25) is 9.69 Å². The summed E-state index contributed by atoms with van der Waals surface area (Å²) in [7, 11) is 1.88. The second-order valence-electron chi connectivity index (χ2n) is 6.31. The third-order valence-electron chi connectivity index (χ3n) is 4.49. The number of rotatable bonds is 6. The molecule has 1 amide bonds. The molecule has 0 bridgehead atoms. The van der Waals surface area contributed by atoms with Crippen LogP contribution in [0.3, 0.4) is 0 Å². The second kappa shape index (κ2) is 8.29. The van der Waals surface area contributed by atoms with E-state index in [-0.39, 0.29) is 12.5 Å². The molecule has 25 heavy (non-hydrogen) atoms. The average Bonchev–Trinajstić information content (AvgIpc) is 3.03. The number of benzene rings is 1. The molecule has 1 aromatic heterocycles. The molecule has 0 aliphatic carbocycles. The molecule has 1 fully saturated rings. The van der Waals surface area contributed by atoms with E-state index in [2.05, 4.69) is 10.2 Å². The lowest BCUT2D eigenvalue weighted by molar-refractivity contribution is 0.0149. The highest BCUT2D eigenvalue weighted by Crippen LogP contribution is 2.21. The van der Waals surface area contributed by atoms with Gasteiger partial charge >= 0.3 is 0 Å². The van der Waals surface area contributed by atoms with Gasteiger partial charge in [-0.15, -0.1) is 0 Å². The van der Waals surface area contributed by atoms with Gasteiger partial charge in [0.05, 0.1) is 19.3 Å². The number of carbonyl (C=O) groups is 1. The molecular weight excluding hydrogens is 318 g/mol. The summed E-state index contributed by atoms with van der Waals surface area (Å²) in [5, 5.41) is 13.0. The third-order valence-corrected chi connectivity index (χ3v) is 4.49. The summed E-state index contributed by atoms with van der Waals surface area (Å²) in [5.41, 5.74) is 2.63. The van der Waals surface area contributed by atoms with Crippen molar-refractivity contribution in [3.05, 3.63) is 48.2 Å². The number of β-amino-alcohol motifs (C(OH)–C–C–N with tert-alkyl or cyclic N) is 1. The van der Waals surface area contributed by atoms with E-state index in [0.717, 1.165) is 24.3 Å². The molecule has 2 aromatic rings. The summed E-state index contributed by atoms with van der Waals surface area (Å²) in [4.78, 5) is 14.6. The van der Waals surface area contributed by atoms with Crippen LogP contribution < -0.4 is 5.32 Å². The summed E-state index contributed by atoms with van der Waals surface area (Å²) < 4.78 is 7.17. The van der Waals surface area contributed by atoms with Gasteiger partial charge in [-0.2, -0.15) is 0 Å². The van der Waals surface area contributed by atoms with Crippen molar-refractivity contribution in [3.8, 4) is 11.3 Å². The third kappa shape index (κ3) is 4.48. The second-order valence-corrected chi connectivity index (χ2v) is 6.31. The predicted octanol–water partition coefficient (Wildman–Crippen LogP) is 1.11. The summed E-state index contributed by atoms with van der Waals surface area (Å²) in [6.45, 7) is 3.83. The lowest BCUT2D eigenvalue weighted by Gasteiger charge is -2.28. The Kier molecular flexibility index (Phi) is 5.86. The van der Waals surface area contributed by atoms with Crippen LogP contribution in [0, 0.1) is 0 Å². The Labute approximate surface area is 148 Å². The molecule has 1 aromatic carbocycles. The Bertz CT molecular complexity index is 693. The summed E-state index contributed by atoms with van der Waals surface area (Å²) >= 11 is 0.